The van der Waals surface area contributed by atoms with Crippen molar-refractivity contribution in [3.63, 3.8) is 0 Å². The van der Waals surface area contributed by atoms with Crippen LogP contribution in [0.25, 0.3) is 0 Å². The molecule has 4 atom stereocenters. The molecule has 0 bridgehead atoms. The number of ether oxygens (including phenoxy) is 3. The maximum atomic E-state index is 12.6. The number of anilines is 1. The van der Waals surface area contributed by atoms with Crippen LogP contribution in [-0.4, -0.2) is 56.5 Å². The topological polar surface area (TPSA) is 156 Å². The summed E-state index contributed by atoms with van der Waals surface area (Å²) in [6.45, 7) is -0.349. The fourth-order valence-corrected chi connectivity index (χ4v) is 3.34. The molecule has 1 aliphatic heterocycles. The SMILES string of the molecule is Nc1ncn([C@H]2O[C@@H](COC(=O)c3ccccc3)[C@@H](OC(=O)c3ccccc3)[C@@H]2O)c(=O)n1. The number of nitrogens with two attached hydrogens (primary N) is 1. The minimum Gasteiger partial charge on any atom is -0.459 e. The molecule has 0 unspecified atom stereocenters. The average Bonchev–Trinajstić information content (AvgIpc) is 3.13. The van der Waals surface area contributed by atoms with Crippen LogP contribution in [0.1, 0.15) is 26.9 Å². The maximum absolute atomic E-state index is 12.6. The molecule has 3 N–H and O–H groups in total. The largest absolute Gasteiger partial charge is 0.459 e. The number of hydrogen-bond donors (Lipinski definition) is 2. The summed E-state index contributed by atoms with van der Waals surface area (Å²) in [4.78, 5) is 44.4. The molecule has 170 valence electrons. The van der Waals surface area contributed by atoms with Gasteiger partial charge in [-0.3, -0.25) is 4.57 Å². The quantitative estimate of drug-likeness (QED) is 0.507. The fraction of sp³-hybridized carbons (Fsp3) is 0.227. The normalized spacial score (nSPS) is 22.0. The number of aliphatic hydroxyl groups excluding tert-OH is 1. The third-order valence-electron chi connectivity index (χ3n) is 4.97. The Kier molecular flexibility index (Phi) is 6.43. The van der Waals surface area contributed by atoms with Gasteiger partial charge in [-0.2, -0.15) is 4.98 Å². The van der Waals surface area contributed by atoms with E-state index in [0.717, 1.165) is 10.9 Å². The van der Waals surface area contributed by atoms with Crippen molar-refractivity contribution in [1.29, 1.82) is 0 Å². The van der Waals surface area contributed by atoms with Gasteiger partial charge in [-0.05, 0) is 24.3 Å². The monoisotopic (exact) mass is 452 g/mol. The van der Waals surface area contributed by atoms with E-state index in [2.05, 4.69) is 9.97 Å². The van der Waals surface area contributed by atoms with Gasteiger partial charge in [0.1, 0.15) is 25.1 Å². The molecule has 0 aliphatic carbocycles. The number of esters is 2. The number of aromatic nitrogens is 3. The van der Waals surface area contributed by atoms with E-state index in [1.54, 1.807) is 60.7 Å². The third kappa shape index (κ3) is 4.89. The van der Waals surface area contributed by atoms with E-state index in [1.165, 1.54) is 0 Å². The van der Waals surface area contributed by atoms with Gasteiger partial charge >= 0.3 is 17.6 Å². The van der Waals surface area contributed by atoms with Gasteiger partial charge in [-0.25, -0.2) is 19.4 Å². The summed E-state index contributed by atoms with van der Waals surface area (Å²) in [7, 11) is 0. The number of hydrogen-bond acceptors (Lipinski definition) is 10. The molecule has 11 heteroatoms. The Morgan fingerprint density at radius 2 is 1.64 bits per heavy atom. The van der Waals surface area contributed by atoms with Crippen molar-refractivity contribution >= 4 is 17.9 Å². The molecule has 0 radical (unpaired) electrons. The highest BCUT2D eigenvalue weighted by atomic mass is 16.6. The lowest BCUT2D eigenvalue weighted by molar-refractivity contribution is -0.0617. The highest BCUT2D eigenvalue weighted by Crippen LogP contribution is 2.31. The van der Waals surface area contributed by atoms with Gasteiger partial charge in [-0.15, -0.1) is 0 Å². The molecule has 0 spiro atoms. The van der Waals surface area contributed by atoms with Crippen LogP contribution in [0.3, 0.4) is 0 Å². The van der Waals surface area contributed by atoms with Crippen LogP contribution in [0, 0.1) is 0 Å². The van der Waals surface area contributed by atoms with E-state index in [1.807, 2.05) is 0 Å². The first kappa shape index (κ1) is 22.1. The predicted molar refractivity (Wildman–Crippen MR) is 113 cm³/mol. The predicted octanol–water partition coefficient (Wildman–Crippen LogP) is 0.561. The van der Waals surface area contributed by atoms with Crippen LogP contribution in [0.15, 0.2) is 71.8 Å². The van der Waals surface area contributed by atoms with Crippen molar-refractivity contribution in [2.24, 2.45) is 0 Å². The minimum absolute atomic E-state index is 0.246. The number of rotatable bonds is 6. The number of nitrogens with zero attached hydrogens (tertiary/aromatic N) is 3. The van der Waals surface area contributed by atoms with Crippen molar-refractivity contribution in [3.05, 3.63) is 88.6 Å². The van der Waals surface area contributed by atoms with E-state index in [-0.39, 0.29) is 18.1 Å². The van der Waals surface area contributed by atoms with E-state index < -0.39 is 42.2 Å². The van der Waals surface area contributed by atoms with Crippen LogP contribution < -0.4 is 11.4 Å². The highest BCUT2D eigenvalue weighted by Gasteiger charge is 2.48. The van der Waals surface area contributed by atoms with Crippen LogP contribution in [0.4, 0.5) is 5.95 Å². The average molecular weight is 452 g/mol. The number of carbonyl (C=O) groups is 2. The summed E-state index contributed by atoms with van der Waals surface area (Å²) in [5.41, 5.74) is 5.16. The van der Waals surface area contributed by atoms with Gasteiger partial charge < -0.3 is 25.1 Å². The van der Waals surface area contributed by atoms with Crippen LogP contribution >= 0.6 is 0 Å². The smallest absolute Gasteiger partial charge is 0.354 e. The zero-order valence-corrected chi connectivity index (χ0v) is 17.2. The van der Waals surface area contributed by atoms with E-state index in [0.29, 0.717) is 5.56 Å². The highest BCUT2D eigenvalue weighted by molar-refractivity contribution is 5.90. The minimum atomic E-state index is -1.48. The molecule has 3 aromatic rings. The molecule has 2 aromatic carbocycles. The molecule has 1 aliphatic rings. The Labute approximate surface area is 187 Å². The molecule has 11 nitrogen and oxygen atoms in total. The first-order valence-corrected chi connectivity index (χ1v) is 9.96. The fourth-order valence-electron chi connectivity index (χ4n) is 3.34. The summed E-state index contributed by atoms with van der Waals surface area (Å²) in [5, 5.41) is 10.9. The van der Waals surface area contributed by atoms with Gasteiger partial charge in [0.25, 0.3) is 0 Å². The summed E-state index contributed by atoms with van der Waals surface area (Å²) >= 11 is 0. The van der Waals surface area contributed by atoms with Crippen LogP contribution in [0.2, 0.25) is 0 Å². The lowest BCUT2D eigenvalue weighted by Gasteiger charge is -2.20. The van der Waals surface area contributed by atoms with E-state index in [9.17, 15) is 19.5 Å². The van der Waals surface area contributed by atoms with Gasteiger partial charge in [-0.1, -0.05) is 36.4 Å². The lowest BCUT2D eigenvalue weighted by atomic mass is 10.1. The van der Waals surface area contributed by atoms with Crippen molar-refractivity contribution in [2.75, 3.05) is 12.3 Å². The number of carbonyl (C=O) groups excluding carboxylic acids is 2. The van der Waals surface area contributed by atoms with Gasteiger partial charge in [0.2, 0.25) is 5.95 Å². The summed E-state index contributed by atoms with van der Waals surface area (Å²) in [6.07, 6.45) is -4.05. The lowest BCUT2D eigenvalue weighted by Crippen LogP contribution is -2.40. The van der Waals surface area contributed by atoms with Crippen molar-refractivity contribution in [2.45, 2.75) is 24.5 Å². The van der Waals surface area contributed by atoms with Crippen molar-refractivity contribution in [3.8, 4) is 0 Å². The first-order valence-electron chi connectivity index (χ1n) is 9.96. The second-order valence-electron chi connectivity index (χ2n) is 7.16. The molecule has 4 rings (SSSR count). The molecule has 0 saturated carbocycles. The van der Waals surface area contributed by atoms with Crippen LogP contribution in [-0.2, 0) is 14.2 Å². The van der Waals surface area contributed by atoms with E-state index in [4.69, 9.17) is 19.9 Å². The number of benzene rings is 2. The maximum Gasteiger partial charge on any atom is 0.354 e. The second-order valence-corrected chi connectivity index (χ2v) is 7.16. The van der Waals surface area contributed by atoms with Crippen molar-refractivity contribution in [1.82, 2.24) is 14.5 Å². The standard InChI is InChI=1S/C22H20N4O7/c23-21-24-12-26(22(30)25-21)18-16(27)17(33-20(29)14-9-5-2-6-10-14)15(32-18)11-31-19(28)13-7-3-1-4-8-13/h1-10,12,15-18,27H,11H2,(H2,23,25,30)/t15-,16-,17+,18-/m0/s1. The Bertz CT molecular complexity index is 1190. The molecule has 0 amide bonds. The molecule has 2 heterocycles. The molecular formula is C22H20N4O7. The Morgan fingerprint density at radius 3 is 2.24 bits per heavy atom. The molecule has 1 aromatic heterocycles. The van der Waals surface area contributed by atoms with Gasteiger partial charge in [0.05, 0.1) is 11.1 Å². The zero-order valence-electron chi connectivity index (χ0n) is 17.2. The Hall–Kier alpha value is -4.09. The molecule has 1 fully saturated rings. The first-order chi connectivity index (χ1) is 15.9. The van der Waals surface area contributed by atoms with Gasteiger partial charge in [0, 0.05) is 0 Å². The van der Waals surface area contributed by atoms with E-state index >= 15 is 0 Å². The molecule has 33 heavy (non-hydrogen) atoms. The zero-order chi connectivity index (χ0) is 23.4. The molecule has 1 saturated heterocycles. The number of nitrogen functional groups attached to an aromatic ring is 1. The second kappa shape index (κ2) is 9.59. The third-order valence-corrected chi connectivity index (χ3v) is 4.97. The summed E-state index contributed by atoms with van der Waals surface area (Å²) in [6, 6.07) is 16.4. The van der Waals surface area contributed by atoms with Gasteiger partial charge in [0.15, 0.2) is 12.3 Å². The van der Waals surface area contributed by atoms with Crippen molar-refractivity contribution < 1.29 is 28.9 Å². The summed E-state index contributed by atoms with van der Waals surface area (Å²) < 4.78 is 17.5. The Morgan fingerprint density at radius 1 is 1.03 bits per heavy atom. The molecular weight excluding hydrogens is 432 g/mol. The Balaban J connectivity index is 1.56. The summed E-state index contributed by atoms with van der Waals surface area (Å²) in [5.74, 6) is -1.59. The number of aliphatic hydroxyl groups is 1. The van der Waals surface area contributed by atoms with Crippen LogP contribution in [0.5, 0.6) is 0 Å².